The zero-order chi connectivity index (χ0) is 20.4. The number of nitrogens with one attached hydrogen (secondary N) is 1. The van der Waals surface area contributed by atoms with Gasteiger partial charge < -0.3 is 19.5 Å². The molecule has 0 bridgehead atoms. The summed E-state index contributed by atoms with van der Waals surface area (Å²) < 4.78 is 7.51. The standard InChI is InChI=1S/C20H24N6O3/c1-24(2)19(27)16-9-8-15(29-16)12-21-20(28)25-10-5-6-14(13-25)18-23-22-17-7-3-4-11-26(17)18/h3-4,7-9,11,14H,5-6,10,12-13H2,1-2H3,(H,21,28)/t14-/m0/s1. The Balaban J connectivity index is 1.37. The van der Waals surface area contributed by atoms with Gasteiger partial charge >= 0.3 is 6.03 Å². The number of aromatic nitrogens is 3. The second kappa shape index (κ2) is 7.94. The summed E-state index contributed by atoms with van der Waals surface area (Å²) in [5.41, 5.74) is 0.810. The fourth-order valence-corrected chi connectivity index (χ4v) is 3.59. The van der Waals surface area contributed by atoms with Crippen LogP contribution >= 0.6 is 0 Å². The van der Waals surface area contributed by atoms with Crippen molar-refractivity contribution in [3.8, 4) is 0 Å². The summed E-state index contributed by atoms with van der Waals surface area (Å²) in [7, 11) is 3.33. The third kappa shape index (κ3) is 3.94. The summed E-state index contributed by atoms with van der Waals surface area (Å²) in [6.07, 6.45) is 3.82. The molecule has 1 aliphatic rings. The second-order valence-electron chi connectivity index (χ2n) is 7.40. The van der Waals surface area contributed by atoms with Crippen molar-refractivity contribution < 1.29 is 14.0 Å². The van der Waals surface area contributed by atoms with Crippen LogP contribution in [0.4, 0.5) is 4.79 Å². The van der Waals surface area contributed by atoms with E-state index in [0.29, 0.717) is 18.8 Å². The summed E-state index contributed by atoms with van der Waals surface area (Å²) in [5.74, 6) is 1.62. The van der Waals surface area contributed by atoms with Gasteiger partial charge in [0, 0.05) is 39.3 Å². The first-order chi connectivity index (χ1) is 14.0. The van der Waals surface area contributed by atoms with Crippen molar-refractivity contribution in [3.63, 3.8) is 0 Å². The van der Waals surface area contributed by atoms with E-state index < -0.39 is 0 Å². The highest BCUT2D eigenvalue weighted by molar-refractivity contribution is 5.91. The summed E-state index contributed by atoms with van der Waals surface area (Å²) in [4.78, 5) is 27.8. The topological polar surface area (TPSA) is 96.0 Å². The maximum absolute atomic E-state index is 12.7. The lowest BCUT2D eigenvalue weighted by Gasteiger charge is -2.31. The molecule has 1 N–H and O–H groups in total. The molecule has 9 heteroatoms. The van der Waals surface area contributed by atoms with E-state index >= 15 is 0 Å². The first-order valence-corrected chi connectivity index (χ1v) is 9.65. The normalized spacial score (nSPS) is 16.8. The van der Waals surface area contributed by atoms with Gasteiger partial charge in [-0.1, -0.05) is 6.07 Å². The Bertz CT molecular complexity index is 1020. The largest absolute Gasteiger partial charge is 0.454 e. The third-order valence-corrected chi connectivity index (χ3v) is 5.11. The lowest BCUT2D eigenvalue weighted by molar-refractivity contribution is 0.0794. The minimum absolute atomic E-state index is 0.139. The Labute approximate surface area is 168 Å². The predicted molar refractivity (Wildman–Crippen MR) is 105 cm³/mol. The summed E-state index contributed by atoms with van der Waals surface area (Å²) in [6.45, 7) is 1.51. The molecule has 3 amide bonds. The molecule has 1 fully saturated rings. The average Bonchev–Trinajstić information content (AvgIpc) is 3.38. The second-order valence-corrected chi connectivity index (χ2v) is 7.40. The lowest BCUT2D eigenvalue weighted by atomic mass is 9.97. The van der Waals surface area contributed by atoms with Crippen molar-refractivity contribution in [2.45, 2.75) is 25.3 Å². The molecular formula is C20H24N6O3. The first-order valence-electron chi connectivity index (χ1n) is 9.65. The molecule has 1 aliphatic heterocycles. The van der Waals surface area contributed by atoms with E-state index in [9.17, 15) is 9.59 Å². The molecular weight excluding hydrogens is 372 g/mol. The maximum Gasteiger partial charge on any atom is 0.317 e. The number of hydrogen-bond donors (Lipinski definition) is 1. The molecule has 0 aliphatic carbocycles. The fraction of sp³-hybridized carbons (Fsp3) is 0.400. The minimum atomic E-state index is -0.206. The van der Waals surface area contributed by atoms with Gasteiger partial charge in [0.2, 0.25) is 0 Å². The van der Waals surface area contributed by atoms with E-state index in [-0.39, 0.29) is 30.2 Å². The van der Waals surface area contributed by atoms with Gasteiger partial charge in [-0.05, 0) is 37.1 Å². The quantitative estimate of drug-likeness (QED) is 0.729. The highest BCUT2D eigenvalue weighted by Gasteiger charge is 2.28. The third-order valence-electron chi connectivity index (χ3n) is 5.11. The molecule has 3 aromatic rings. The molecule has 1 saturated heterocycles. The predicted octanol–water partition coefficient (Wildman–Crippen LogP) is 2.11. The molecule has 0 aromatic carbocycles. The Morgan fingerprint density at radius 2 is 2.10 bits per heavy atom. The van der Waals surface area contributed by atoms with Crippen molar-refractivity contribution in [1.29, 1.82) is 0 Å². The molecule has 4 heterocycles. The van der Waals surface area contributed by atoms with Crippen molar-refractivity contribution in [1.82, 2.24) is 29.7 Å². The molecule has 4 rings (SSSR count). The van der Waals surface area contributed by atoms with Crippen LogP contribution in [0.25, 0.3) is 5.65 Å². The number of furan rings is 1. The summed E-state index contributed by atoms with van der Waals surface area (Å²) in [5, 5.41) is 11.4. The van der Waals surface area contributed by atoms with E-state index in [2.05, 4.69) is 15.5 Å². The number of urea groups is 1. The molecule has 9 nitrogen and oxygen atoms in total. The van der Waals surface area contributed by atoms with Gasteiger partial charge in [0.15, 0.2) is 11.4 Å². The van der Waals surface area contributed by atoms with Gasteiger partial charge in [0.05, 0.1) is 6.54 Å². The SMILES string of the molecule is CN(C)C(=O)c1ccc(CNC(=O)N2CCC[C@H](c3nnc4ccccn34)C2)o1. The number of amides is 3. The van der Waals surface area contributed by atoms with Crippen LogP contribution in [-0.2, 0) is 6.54 Å². The molecule has 0 saturated carbocycles. The number of likely N-dealkylation sites (tertiary alicyclic amines) is 1. The number of hydrogen-bond acceptors (Lipinski definition) is 5. The minimum Gasteiger partial charge on any atom is -0.454 e. The van der Waals surface area contributed by atoms with E-state index in [1.54, 1.807) is 31.1 Å². The van der Waals surface area contributed by atoms with E-state index in [1.165, 1.54) is 4.90 Å². The van der Waals surface area contributed by atoms with E-state index in [1.807, 2.05) is 28.8 Å². The van der Waals surface area contributed by atoms with Gasteiger partial charge in [0.25, 0.3) is 5.91 Å². The van der Waals surface area contributed by atoms with Crippen LogP contribution in [0.2, 0.25) is 0 Å². The molecule has 0 radical (unpaired) electrons. The number of carbonyl (C=O) groups excluding carboxylic acids is 2. The van der Waals surface area contributed by atoms with Crippen LogP contribution in [-0.4, -0.2) is 63.5 Å². The Kier molecular flexibility index (Phi) is 5.20. The van der Waals surface area contributed by atoms with Crippen LogP contribution in [0.15, 0.2) is 40.9 Å². The van der Waals surface area contributed by atoms with Crippen molar-refractivity contribution >= 4 is 17.6 Å². The molecule has 3 aromatic heterocycles. The maximum atomic E-state index is 12.7. The molecule has 0 spiro atoms. The molecule has 1 atom stereocenters. The number of fused-ring (bicyclic) bond motifs is 1. The number of nitrogens with zero attached hydrogens (tertiary/aromatic N) is 5. The van der Waals surface area contributed by atoms with Gasteiger partial charge in [0.1, 0.15) is 11.6 Å². The fourth-order valence-electron chi connectivity index (χ4n) is 3.59. The Morgan fingerprint density at radius 3 is 2.93 bits per heavy atom. The highest BCUT2D eigenvalue weighted by Crippen LogP contribution is 2.26. The zero-order valence-corrected chi connectivity index (χ0v) is 16.5. The number of pyridine rings is 1. The Hall–Kier alpha value is -3.36. The molecule has 0 unspecified atom stereocenters. The smallest absolute Gasteiger partial charge is 0.317 e. The van der Waals surface area contributed by atoms with Crippen LogP contribution in [0.5, 0.6) is 0 Å². The number of piperidine rings is 1. The zero-order valence-electron chi connectivity index (χ0n) is 16.5. The van der Waals surface area contributed by atoms with Gasteiger partial charge in [-0.15, -0.1) is 10.2 Å². The number of rotatable bonds is 4. The van der Waals surface area contributed by atoms with E-state index in [4.69, 9.17) is 4.42 Å². The Morgan fingerprint density at radius 1 is 1.24 bits per heavy atom. The van der Waals surface area contributed by atoms with Crippen LogP contribution < -0.4 is 5.32 Å². The van der Waals surface area contributed by atoms with Crippen molar-refractivity contribution in [3.05, 3.63) is 53.9 Å². The molecule has 29 heavy (non-hydrogen) atoms. The van der Waals surface area contributed by atoms with Crippen LogP contribution in [0, 0.1) is 0 Å². The average molecular weight is 396 g/mol. The molecule has 152 valence electrons. The van der Waals surface area contributed by atoms with Crippen LogP contribution in [0.3, 0.4) is 0 Å². The van der Waals surface area contributed by atoms with Gasteiger partial charge in [-0.2, -0.15) is 0 Å². The lowest BCUT2D eigenvalue weighted by Crippen LogP contribution is -2.45. The number of carbonyl (C=O) groups is 2. The van der Waals surface area contributed by atoms with E-state index in [0.717, 1.165) is 24.3 Å². The van der Waals surface area contributed by atoms with Crippen molar-refractivity contribution in [2.75, 3.05) is 27.2 Å². The van der Waals surface area contributed by atoms with Crippen LogP contribution in [0.1, 0.15) is 40.9 Å². The van der Waals surface area contributed by atoms with Gasteiger partial charge in [-0.3, -0.25) is 9.20 Å². The highest BCUT2D eigenvalue weighted by atomic mass is 16.4. The monoisotopic (exact) mass is 396 g/mol. The summed E-state index contributed by atoms with van der Waals surface area (Å²) in [6, 6.07) is 8.98. The van der Waals surface area contributed by atoms with Crippen molar-refractivity contribution in [2.24, 2.45) is 0 Å². The van der Waals surface area contributed by atoms with Gasteiger partial charge in [-0.25, -0.2) is 4.79 Å². The summed E-state index contributed by atoms with van der Waals surface area (Å²) >= 11 is 0. The first kappa shape index (κ1) is 19.0.